The van der Waals surface area contributed by atoms with Crippen molar-refractivity contribution in [1.82, 2.24) is 4.90 Å². The SMILES string of the molecule is CCc1oc2ccccc2c1/C=C/C(=O)N1CCN(c2ccc(C(C)=O)cc2)CC1. The van der Waals surface area contributed by atoms with Crippen molar-refractivity contribution in [3.8, 4) is 0 Å². The minimum Gasteiger partial charge on any atom is -0.460 e. The van der Waals surface area contributed by atoms with Crippen LogP contribution in [-0.2, 0) is 11.2 Å². The quantitative estimate of drug-likeness (QED) is 0.464. The third-order valence-electron chi connectivity index (χ3n) is 5.65. The highest BCUT2D eigenvalue weighted by molar-refractivity contribution is 5.96. The lowest BCUT2D eigenvalue weighted by molar-refractivity contribution is -0.126. The normalized spacial score (nSPS) is 14.6. The van der Waals surface area contributed by atoms with Gasteiger partial charge in [-0.2, -0.15) is 0 Å². The van der Waals surface area contributed by atoms with Crippen LogP contribution in [0, 0.1) is 0 Å². The van der Waals surface area contributed by atoms with Crippen molar-refractivity contribution >= 4 is 34.4 Å². The summed E-state index contributed by atoms with van der Waals surface area (Å²) in [5, 5.41) is 1.04. The van der Waals surface area contributed by atoms with Crippen LogP contribution in [0.1, 0.15) is 35.5 Å². The zero-order valence-corrected chi connectivity index (χ0v) is 17.4. The van der Waals surface area contributed by atoms with E-state index >= 15 is 0 Å². The molecular weight excluding hydrogens is 376 g/mol. The molecule has 154 valence electrons. The summed E-state index contributed by atoms with van der Waals surface area (Å²) in [6.45, 7) is 6.51. The van der Waals surface area contributed by atoms with Gasteiger partial charge in [-0.15, -0.1) is 0 Å². The second-order valence-corrected chi connectivity index (χ2v) is 7.54. The Balaban J connectivity index is 1.41. The molecular formula is C25H26N2O3. The van der Waals surface area contributed by atoms with Crippen molar-refractivity contribution in [3.05, 3.63) is 71.5 Å². The molecule has 0 unspecified atom stereocenters. The molecule has 1 aromatic heterocycles. The molecule has 1 saturated heterocycles. The van der Waals surface area contributed by atoms with E-state index < -0.39 is 0 Å². The molecule has 0 aliphatic carbocycles. The van der Waals surface area contributed by atoms with Gasteiger partial charge in [-0.25, -0.2) is 0 Å². The maximum Gasteiger partial charge on any atom is 0.246 e. The summed E-state index contributed by atoms with van der Waals surface area (Å²) >= 11 is 0. The van der Waals surface area contributed by atoms with Gasteiger partial charge in [-0.1, -0.05) is 25.1 Å². The summed E-state index contributed by atoms with van der Waals surface area (Å²) in [6.07, 6.45) is 4.33. The van der Waals surface area contributed by atoms with Gasteiger partial charge in [0.25, 0.3) is 0 Å². The Kier molecular flexibility index (Phi) is 5.70. The number of furan rings is 1. The molecule has 2 aromatic carbocycles. The molecule has 1 aliphatic heterocycles. The molecule has 5 heteroatoms. The number of carbonyl (C=O) groups is 2. The monoisotopic (exact) mass is 402 g/mol. The second kappa shape index (κ2) is 8.57. The standard InChI is InChI=1S/C25H26N2O3/c1-3-23-22(21-6-4-5-7-24(21)30-23)12-13-25(29)27-16-14-26(15-17-27)20-10-8-19(9-11-20)18(2)28/h4-13H,3,14-17H2,1-2H3/b13-12+. The number of fused-ring (bicyclic) bond motifs is 1. The summed E-state index contributed by atoms with van der Waals surface area (Å²) in [7, 11) is 0. The van der Waals surface area contributed by atoms with Crippen molar-refractivity contribution in [2.45, 2.75) is 20.3 Å². The summed E-state index contributed by atoms with van der Waals surface area (Å²) in [5.41, 5.74) is 3.65. The van der Waals surface area contributed by atoms with Gasteiger partial charge < -0.3 is 14.2 Å². The fourth-order valence-corrected chi connectivity index (χ4v) is 3.91. The molecule has 30 heavy (non-hydrogen) atoms. The van der Waals surface area contributed by atoms with Crippen molar-refractivity contribution in [2.75, 3.05) is 31.1 Å². The molecule has 0 saturated carbocycles. The van der Waals surface area contributed by atoms with E-state index in [4.69, 9.17) is 4.42 Å². The van der Waals surface area contributed by atoms with E-state index in [1.165, 1.54) is 0 Å². The van der Waals surface area contributed by atoms with Crippen LogP contribution in [0.4, 0.5) is 5.69 Å². The Bertz CT molecular complexity index is 1090. The number of Topliss-reactive ketones (excluding diaryl/α,β-unsaturated/α-hetero) is 1. The minimum atomic E-state index is 0.0221. The van der Waals surface area contributed by atoms with Gasteiger partial charge in [-0.3, -0.25) is 9.59 Å². The van der Waals surface area contributed by atoms with E-state index in [2.05, 4.69) is 11.8 Å². The van der Waals surface area contributed by atoms with Crippen LogP contribution in [0.15, 0.2) is 59.0 Å². The number of anilines is 1. The third kappa shape index (κ3) is 4.01. The number of piperazine rings is 1. The molecule has 3 aromatic rings. The second-order valence-electron chi connectivity index (χ2n) is 7.54. The average Bonchev–Trinajstić information content (AvgIpc) is 3.15. The summed E-state index contributed by atoms with van der Waals surface area (Å²) < 4.78 is 5.91. The van der Waals surface area contributed by atoms with Gasteiger partial charge in [-0.05, 0) is 43.3 Å². The fraction of sp³-hybridized carbons (Fsp3) is 0.280. The highest BCUT2D eigenvalue weighted by atomic mass is 16.3. The maximum atomic E-state index is 12.7. The predicted molar refractivity (Wildman–Crippen MR) is 120 cm³/mol. The Hall–Kier alpha value is -3.34. The number of rotatable bonds is 5. The Labute approximate surface area is 176 Å². The zero-order valence-electron chi connectivity index (χ0n) is 17.4. The Morgan fingerprint density at radius 1 is 1.00 bits per heavy atom. The third-order valence-corrected chi connectivity index (χ3v) is 5.65. The highest BCUT2D eigenvalue weighted by Crippen LogP contribution is 2.27. The molecule has 0 N–H and O–H groups in total. The Morgan fingerprint density at radius 2 is 1.70 bits per heavy atom. The van der Waals surface area contributed by atoms with Crippen LogP contribution >= 0.6 is 0 Å². The molecule has 0 spiro atoms. The maximum absolute atomic E-state index is 12.7. The van der Waals surface area contributed by atoms with Crippen molar-refractivity contribution in [2.24, 2.45) is 0 Å². The van der Waals surface area contributed by atoms with E-state index in [9.17, 15) is 9.59 Å². The van der Waals surface area contributed by atoms with Gasteiger partial charge in [0, 0.05) is 60.9 Å². The van der Waals surface area contributed by atoms with E-state index in [1.807, 2.05) is 59.5 Å². The first kappa shape index (κ1) is 20.0. The molecule has 0 atom stereocenters. The molecule has 1 fully saturated rings. The lowest BCUT2D eigenvalue weighted by Crippen LogP contribution is -2.48. The molecule has 0 radical (unpaired) electrons. The number of nitrogens with zero attached hydrogens (tertiary/aromatic N) is 2. The van der Waals surface area contributed by atoms with E-state index in [1.54, 1.807) is 13.0 Å². The topological polar surface area (TPSA) is 53.8 Å². The lowest BCUT2D eigenvalue weighted by atomic mass is 10.1. The largest absolute Gasteiger partial charge is 0.460 e. The average molecular weight is 402 g/mol. The van der Waals surface area contributed by atoms with Crippen LogP contribution in [-0.4, -0.2) is 42.8 Å². The molecule has 1 amide bonds. The van der Waals surface area contributed by atoms with Gasteiger partial charge in [0.05, 0.1) is 0 Å². The van der Waals surface area contributed by atoms with Gasteiger partial charge >= 0.3 is 0 Å². The van der Waals surface area contributed by atoms with Crippen molar-refractivity contribution < 1.29 is 14.0 Å². The van der Waals surface area contributed by atoms with Crippen LogP contribution < -0.4 is 4.90 Å². The van der Waals surface area contributed by atoms with Crippen molar-refractivity contribution in [3.63, 3.8) is 0 Å². The van der Waals surface area contributed by atoms with Crippen LogP contribution in [0.25, 0.3) is 17.0 Å². The lowest BCUT2D eigenvalue weighted by Gasteiger charge is -2.35. The first-order chi connectivity index (χ1) is 14.6. The van der Waals surface area contributed by atoms with E-state index in [0.29, 0.717) is 13.1 Å². The smallest absolute Gasteiger partial charge is 0.246 e. The number of amides is 1. The molecule has 1 aliphatic rings. The number of ketones is 1. The highest BCUT2D eigenvalue weighted by Gasteiger charge is 2.20. The first-order valence-corrected chi connectivity index (χ1v) is 10.4. The Morgan fingerprint density at radius 3 is 2.37 bits per heavy atom. The van der Waals surface area contributed by atoms with E-state index in [0.717, 1.165) is 53.1 Å². The van der Waals surface area contributed by atoms with Gasteiger partial charge in [0.15, 0.2) is 5.78 Å². The number of hydrogen-bond acceptors (Lipinski definition) is 4. The van der Waals surface area contributed by atoms with E-state index in [-0.39, 0.29) is 11.7 Å². The predicted octanol–water partition coefficient (Wildman–Crippen LogP) is 4.56. The number of aryl methyl sites for hydroxylation is 1. The number of hydrogen-bond donors (Lipinski definition) is 0. The molecule has 2 heterocycles. The van der Waals surface area contributed by atoms with Crippen molar-refractivity contribution in [1.29, 1.82) is 0 Å². The number of benzene rings is 2. The fourth-order valence-electron chi connectivity index (χ4n) is 3.91. The molecule has 0 bridgehead atoms. The summed E-state index contributed by atoms with van der Waals surface area (Å²) in [5.74, 6) is 0.994. The molecule has 4 rings (SSSR count). The summed E-state index contributed by atoms with van der Waals surface area (Å²) in [4.78, 5) is 28.3. The van der Waals surface area contributed by atoms with Crippen LogP contribution in [0.5, 0.6) is 0 Å². The first-order valence-electron chi connectivity index (χ1n) is 10.4. The van der Waals surface area contributed by atoms with Gasteiger partial charge in [0.2, 0.25) is 5.91 Å². The molecule has 5 nitrogen and oxygen atoms in total. The number of para-hydroxylation sites is 1. The summed E-state index contributed by atoms with van der Waals surface area (Å²) in [6, 6.07) is 15.6. The zero-order chi connectivity index (χ0) is 21.1. The van der Waals surface area contributed by atoms with Gasteiger partial charge in [0.1, 0.15) is 11.3 Å². The van der Waals surface area contributed by atoms with Crippen LogP contribution in [0.2, 0.25) is 0 Å². The minimum absolute atomic E-state index is 0.0221. The number of carbonyl (C=O) groups excluding carboxylic acids is 2. The van der Waals surface area contributed by atoms with Crippen LogP contribution in [0.3, 0.4) is 0 Å².